The molecule has 0 heterocycles. The van der Waals surface area contributed by atoms with Gasteiger partial charge in [-0.2, -0.15) is 0 Å². The molecule has 0 fully saturated rings. The van der Waals surface area contributed by atoms with Gasteiger partial charge < -0.3 is 10.6 Å². The number of rotatable bonds is 4. The summed E-state index contributed by atoms with van der Waals surface area (Å²) in [6.45, 7) is 0. The number of carbonyl (C=O) groups is 2. The van der Waals surface area contributed by atoms with E-state index in [1.807, 2.05) is 0 Å². The fourth-order valence-corrected chi connectivity index (χ4v) is 1.77. The molecule has 0 radical (unpaired) electrons. The minimum atomic E-state index is -1.07. The second kappa shape index (κ2) is 6.96. The molecule has 122 valence electrons. The van der Waals surface area contributed by atoms with Crippen molar-refractivity contribution >= 4 is 34.6 Å². The summed E-state index contributed by atoms with van der Waals surface area (Å²) in [6.07, 6.45) is 0. The van der Waals surface area contributed by atoms with Crippen molar-refractivity contribution in [2.24, 2.45) is 0 Å². The molecule has 24 heavy (non-hydrogen) atoms. The lowest BCUT2D eigenvalue weighted by Gasteiger charge is -2.06. The molecule has 2 rings (SSSR count). The summed E-state index contributed by atoms with van der Waals surface area (Å²) in [5, 5.41) is 25.7. The standard InChI is InChI=1S/C14H10N4O6/c19-13(15-9-3-1-5-11(7-9)17(21)22)14(20)16-10-4-2-6-12(8-10)18(23)24/h1-8H,(H,15,19)(H,16,20). The van der Waals surface area contributed by atoms with Crippen LogP contribution < -0.4 is 10.6 Å². The number of hydrogen-bond donors (Lipinski definition) is 2. The number of amides is 2. The van der Waals surface area contributed by atoms with E-state index in [0.29, 0.717) is 0 Å². The number of nitro benzene ring substituents is 2. The molecule has 0 saturated carbocycles. The molecule has 10 nitrogen and oxygen atoms in total. The van der Waals surface area contributed by atoms with Gasteiger partial charge in [-0.05, 0) is 12.1 Å². The molecule has 2 aromatic carbocycles. The number of hydrogen-bond acceptors (Lipinski definition) is 6. The van der Waals surface area contributed by atoms with E-state index in [4.69, 9.17) is 0 Å². The van der Waals surface area contributed by atoms with Crippen molar-refractivity contribution in [1.82, 2.24) is 0 Å². The number of anilines is 2. The Morgan fingerprint density at radius 2 is 1.12 bits per heavy atom. The van der Waals surface area contributed by atoms with Gasteiger partial charge in [0.2, 0.25) is 0 Å². The summed E-state index contributed by atoms with van der Waals surface area (Å²) in [4.78, 5) is 43.6. The first kappa shape index (κ1) is 16.5. The molecule has 0 bridgehead atoms. The molecular formula is C14H10N4O6. The fourth-order valence-electron chi connectivity index (χ4n) is 1.77. The van der Waals surface area contributed by atoms with Crippen molar-refractivity contribution in [3.63, 3.8) is 0 Å². The summed E-state index contributed by atoms with van der Waals surface area (Å²) in [5.41, 5.74) is -0.342. The maximum atomic E-state index is 11.8. The van der Waals surface area contributed by atoms with Crippen LogP contribution in [0.5, 0.6) is 0 Å². The molecule has 10 heteroatoms. The second-order valence-electron chi connectivity index (χ2n) is 4.52. The second-order valence-corrected chi connectivity index (χ2v) is 4.52. The Morgan fingerprint density at radius 1 is 0.750 bits per heavy atom. The highest BCUT2D eigenvalue weighted by Gasteiger charge is 2.16. The van der Waals surface area contributed by atoms with Crippen molar-refractivity contribution in [2.75, 3.05) is 10.6 Å². The van der Waals surface area contributed by atoms with E-state index in [2.05, 4.69) is 10.6 Å². The number of carbonyl (C=O) groups excluding carboxylic acids is 2. The predicted molar refractivity (Wildman–Crippen MR) is 83.5 cm³/mol. The van der Waals surface area contributed by atoms with Crippen LogP contribution in [0.2, 0.25) is 0 Å². The zero-order valence-electron chi connectivity index (χ0n) is 12.0. The average Bonchev–Trinajstić information content (AvgIpc) is 2.55. The Balaban J connectivity index is 2.06. The third-order valence-corrected chi connectivity index (χ3v) is 2.84. The van der Waals surface area contributed by atoms with Gasteiger partial charge in [0.05, 0.1) is 9.85 Å². The highest BCUT2D eigenvalue weighted by Crippen LogP contribution is 2.18. The van der Waals surface area contributed by atoms with Gasteiger partial charge in [-0.15, -0.1) is 0 Å². The number of non-ortho nitro benzene ring substituents is 2. The minimum Gasteiger partial charge on any atom is -0.318 e. The number of nitrogens with zero attached hydrogens (tertiary/aromatic N) is 2. The molecule has 2 N–H and O–H groups in total. The maximum absolute atomic E-state index is 11.8. The topological polar surface area (TPSA) is 144 Å². The van der Waals surface area contributed by atoms with Gasteiger partial charge in [-0.3, -0.25) is 29.8 Å². The van der Waals surface area contributed by atoms with E-state index in [0.717, 1.165) is 12.1 Å². The molecule has 2 amide bonds. The van der Waals surface area contributed by atoms with Crippen molar-refractivity contribution in [1.29, 1.82) is 0 Å². The van der Waals surface area contributed by atoms with Crippen LogP contribution in [0.1, 0.15) is 0 Å². The van der Waals surface area contributed by atoms with Crippen LogP contribution in [-0.4, -0.2) is 21.7 Å². The van der Waals surface area contributed by atoms with Gasteiger partial charge >= 0.3 is 11.8 Å². The SMILES string of the molecule is O=C(Nc1cccc([N+](=O)[O-])c1)C(=O)Nc1cccc([N+](=O)[O-])c1. The lowest BCUT2D eigenvalue weighted by molar-refractivity contribution is -0.385. The lowest BCUT2D eigenvalue weighted by Crippen LogP contribution is -2.29. The number of benzene rings is 2. The van der Waals surface area contributed by atoms with Crippen LogP contribution >= 0.6 is 0 Å². The van der Waals surface area contributed by atoms with Crippen molar-refractivity contribution in [3.8, 4) is 0 Å². The first-order chi connectivity index (χ1) is 11.4. The highest BCUT2D eigenvalue weighted by atomic mass is 16.6. The summed E-state index contributed by atoms with van der Waals surface area (Å²) >= 11 is 0. The van der Waals surface area contributed by atoms with Gasteiger partial charge in [-0.25, -0.2) is 0 Å². The lowest BCUT2D eigenvalue weighted by atomic mass is 10.2. The van der Waals surface area contributed by atoms with E-state index < -0.39 is 21.7 Å². The minimum absolute atomic E-state index is 0.0726. The Hall–Kier alpha value is -3.82. The van der Waals surface area contributed by atoms with Crippen LogP contribution in [0.4, 0.5) is 22.7 Å². The van der Waals surface area contributed by atoms with Gasteiger partial charge in [0.25, 0.3) is 11.4 Å². The Morgan fingerprint density at radius 3 is 1.46 bits per heavy atom. The molecule has 0 saturated heterocycles. The van der Waals surface area contributed by atoms with Crippen molar-refractivity contribution in [3.05, 3.63) is 68.8 Å². The summed E-state index contributed by atoms with van der Waals surface area (Å²) in [6, 6.07) is 10.1. The highest BCUT2D eigenvalue weighted by molar-refractivity contribution is 6.43. The van der Waals surface area contributed by atoms with Gasteiger partial charge in [0.1, 0.15) is 0 Å². The third kappa shape index (κ3) is 4.10. The van der Waals surface area contributed by atoms with Gasteiger partial charge in [0.15, 0.2) is 0 Å². The normalized spacial score (nSPS) is 9.83. The number of nitro groups is 2. The predicted octanol–water partition coefficient (Wildman–Crippen LogP) is 2.08. The molecule has 0 aliphatic carbocycles. The van der Waals surface area contributed by atoms with E-state index in [9.17, 15) is 29.8 Å². The molecule has 0 spiro atoms. The van der Waals surface area contributed by atoms with Crippen LogP contribution in [0, 0.1) is 20.2 Å². The largest absolute Gasteiger partial charge is 0.318 e. The molecule has 2 aromatic rings. The monoisotopic (exact) mass is 330 g/mol. The van der Waals surface area contributed by atoms with Crippen LogP contribution in [0.15, 0.2) is 48.5 Å². The first-order valence-electron chi connectivity index (χ1n) is 6.48. The number of nitrogens with one attached hydrogen (secondary N) is 2. The molecular weight excluding hydrogens is 320 g/mol. The average molecular weight is 330 g/mol. The summed E-state index contributed by atoms with van der Waals surface area (Å²) in [5.74, 6) is -2.14. The van der Waals surface area contributed by atoms with E-state index >= 15 is 0 Å². The van der Waals surface area contributed by atoms with Crippen molar-refractivity contribution in [2.45, 2.75) is 0 Å². The molecule has 0 atom stereocenters. The molecule has 0 aliphatic rings. The zero-order valence-corrected chi connectivity index (χ0v) is 12.0. The third-order valence-electron chi connectivity index (χ3n) is 2.84. The van der Waals surface area contributed by atoms with E-state index in [-0.39, 0.29) is 22.7 Å². The van der Waals surface area contributed by atoms with Crippen molar-refractivity contribution < 1.29 is 19.4 Å². The van der Waals surface area contributed by atoms with Crippen LogP contribution in [0.3, 0.4) is 0 Å². The maximum Gasteiger partial charge on any atom is 0.314 e. The van der Waals surface area contributed by atoms with Gasteiger partial charge in [0, 0.05) is 35.6 Å². The zero-order chi connectivity index (χ0) is 17.7. The molecule has 0 unspecified atom stereocenters. The summed E-state index contributed by atoms with van der Waals surface area (Å²) in [7, 11) is 0. The van der Waals surface area contributed by atoms with Gasteiger partial charge in [-0.1, -0.05) is 12.1 Å². The summed E-state index contributed by atoms with van der Waals surface area (Å²) < 4.78 is 0. The Kier molecular flexibility index (Phi) is 4.80. The molecule has 0 aromatic heterocycles. The fraction of sp³-hybridized carbons (Fsp3) is 0. The Labute approximate surface area is 134 Å². The van der Waals surface area contributed by atoms with E-state index in [1.54, 1.807) is 0 Å². The first-order valence-corrected chi connectivity index (χ1v) is 6.48. The van der Waals surface area contributed by atoms with E-state index in [1.165, 1.54) is 36.4 Å². The van der Waals surface area contributed by atoms with Crippen LogP contribution in [0.25, 0.3) is 0 Å². The quantitative estimate of drug-likeness (QED) is 0.499. The Bertz CT molecular complexity index is 766. The van der Waals surface area contributed by atoms with Crippen LogP contribution in [-0.2, 0) is 9.59 Å². The smallest absolute Gasteiger partial charge is 0.314 e. The molecule has 0 aliphatic heterocycles.